The normalized spacial score (nSPS) is 14.4. The summed E-state index contributed by atoms with van der Waals surface area (Å²) in [6.07, 6.45) is 1.73. The highest BCUT2D eigenvalue weighted by molar-refractivity contribution is 6.30. The summed E-state index contributed by atoms with van der Waals surface area (Å²) in [5.74, 6) is 0.168. The predicted octanol–water partition coefficient (Wildman–Crippen LogP) is 5.38. The molecule has 0 aromatic heterocycles. The Morgan fingerprint density at radius 2 is 1.71 bits per heavy atom. The van der Waals surface area contributed by atoms with Gasteiger partial charge in [0, 0.05) is 41.9 Å². The van der Waals surface area contributed by atoms with Crippen LogP contribution in [0.15, 0.2) is 78.9 Å². The van der Waals surface area contributed by atoms with Gasteiger partial charge in [0.1, 0.15) is 0 Å². The number of nitriles is 1. The van der Waals surface area contributed by atoms with Crippen LogP contribution in [0.25, 0.3) is 0 Å². The highest BCUT2D eigenvalue weighted by Gasteiger charge is 2.25. The summed E-state index contributed by atoms with van der Waals surface area (Å²) in [6, 6.07) is 27.8. The molecule has 1 fully saturated rings. The first-order valence-corrected chi connectivity index (χ1v) is 12.1. The summed E-state index contributed by atoms with van der Waals surface area (Å²) < 4.78 is 0. The van der Waals surface area contributed by atoms with Gasteiger partial charge < -0.3 is 15.1 Å². The van der Waals surface area contributed by atoms with E-state index in [1.165, 1.54) is 0 Å². The number of benzene rings is 3. The van der Waals surface area contributed by atoms with Gasteiger partial charge in [-0.15, -0.1) is 0 Å². The molecule has 3 aromatic rings. The van der Waals surface area contributed by atoms with Crippen LogP contribution in [0.2, 0.25) is 5.02 Å². The average Bonchev–Trinajstić information content (AvgIpc) is 2.89. The Morgan fingerprint density at radius 1 is 1.00 bits per heavy atom. The van der Waals surface area contributed by atoms with E-state index in [1.807, 2.05) is 36.4 Å². The molecule has 174 valence electrons. The Kier molecular flexibility index (Phi) is 8.19. The first-order valence-electron chi connectivity index (χ1n) is 11.7. The van der Waals surface area contributed by atoms with Crippen LogP contribution in [-0.4, -0.2) is 37.0 Å². The zero-order valence-electron chi connectivity index (χ0n) is 19.2. The Labute approximate surface area is 206 Å². The number of rotatable bonds is 8. The van der Waals surface area contributed by atoms with Crippen molar-refractivity contribution < 1.29 is 4.79 Å². The number of likely N-dealkylation sites (tertiary alicyclic amines) is 1. The van der Waals surface area contributed by atoms with Crippen molar-refractivity contribution in [1.82, 2.24) is 10.2 Å². The van der Waals surface area contributed by atoms with Gasteiger partial charge in [0.15, 0.2) is 0 Å². The lowest BCUT2D eigenvalue weighted by Crippen LogP contribution is -2.42. The molecule has 5 nitrogen and oxygen atoms in total. The lowest BCUT2D eigenvalue weighted by atomic mass is 9.95. The number of para-hydroxylation sites is 1. The number of hydrogen-bond donors (Lipinski definition) is 1. The molecule has 6 heteroatoms. The second-order valence-electron chi connectivity index (χ2n) is 8.61. The third-order valence-electron chi connectivity index (χ3n) is 6.34. The van der Waals surface area contributed by atoms with Gasteiger partial charge in [0.05, 0.1) is 11.6 Å². The molecule has 4 rings (SSSR count). The Balaban J connectivity index is 1.27. The molecular formula is C28H29ClN4O. The topological polar surface area (TPSA) is 59.4 Å². The van der Waals surface area contributed by atoms with Crippen LogP contribution in [0, 0.1) is 17.2 Å². The molecule has 0 saturated carbocycles. The van der Waals surface area contributed by atoms with E-state index in [1.54, 1.807) is 12.1 Å². The number of nitrogens with one attached hydrogen (secondary N) is 1. The first-order chi connectivity index (χ1) is 16.6. The van der Waals surface area contributed by atoms with E-state index in [2.05, 4.69) is 51.5 Å². The predicted molar refractivity (Wildman–Crippen MR) is 137 cm³/mol. The van der Waals surface area contributed by atoms with E-state index in [-0.39, 0.29) is 11.8 Å². The number of hydrogen-bond acceptors (Lipinski definition) is 4. The van der Waals surface area contributed by atoms with Crippen molar-refractivity contribution >= 4 is 28.9 Å². The monoisotopic (exact) mass is 472 g/mol. The zero-order valence-corrected chi connectivity index (χ0v) is 19.9. The fraction of sp³-hybridized carbons (Fsp3) is 0.286. The van der Waals surface area contributed by atoms with Gasteiger partial charge in [-0.2, -0.15) is 5.26 Å². The van der Waals surface area contributed by atoms with Gasteiger partial charge in [-0.1, -0.05) is 48.0 Å². The van der Waals surface area contributed by atoms with Crippen molar-refractivity contribution in [2.24, 2.45) is 5.92 Å². The maximum atomic E-state index is 12.7. The second-order valence-corrected chi connectivity index (χ2v) is 9.05. The molecule has 1 amide bonds. The Hall–Kier alpha value is -3.33. The smallest absolute Gasteiger partial charge is 0.223 e. The van der Waals surface area contributed by atoms with E-state index in [0.29, 0.717) is 12.1 Å². The molecule has 34 heavy (non-hydrogen) atoms. The highest BCUT2D eigenvalue weighted by atomic mass is 35.5. The largest absolute Gasteiger partial charge is 0.352 e. The molecule has 0 radical (unpaired) electrons. The molecule has 1 aliphatic heterocycles. The molecule has 0 atom stereocenters. The van der Waals surface area contributed by atoms with Crippen molar-refractivity contribution in [2.75, 3.05) is 31.1 Å². The van der Waals surface area contributed by atoms with Gasteiger partial charge >= 0.3 is 0 Å². The van der Waals surface area contributed by atoms with Crippen LogP contribution in [0.3, 0.4) is 0 Å². The summed E-state index contributed by atoms with van der Waals surface area (Å²) in [4.78, 5) is 17.4. The van der Waals surface area contributed by atoms with Gasteiger partial charge in [-0.3, -0.25) is 4.79 Å². The minimum absolute atomic E-state index is 0.0489. The second kappa shape index (κ2) is 11.7. The van der Waals surface area contributed by atoms with E-state index in [9.17, 15) is 4.79 Å². The van der Waals surface area contributed by atoms with Gasteiger partial charge in [-0.25, -0.2) is 0 Å². The molecule has 1 heterocycles. The van der Waals surface area contributed by atoms with Crippen molar-refractivity contribution in [1.29, 1.82) is 5.26 Å². The van der Waals surface area contributed by atoms with Crippen LogP contribution >= 0.6 is 11.6 Å². The molecule has 0 bridgehead atoms. The lowest BCUT2D eigenvalue weighted by molar-refractivity contribution is -0.126. The third kappa shape index (κ3) is 6.38. The Bertz CT molecular complexity index is 1120. The number of carbonyl (C=O) groups excluding carboxylic acids is 1. The van der Waals surface area contributed by atoms with Crippen molar-refractivity contribution in [3.05, 3.63) is 95.0 Å². The lowest BCUT2D eigenvalue weighted by Gasteiger charge is -2.34. The number of halogens is 1. The minimum Gasteiger partial charge on any atom is -0.352 e. The maximum absolute atomic E-state index is 12.7. The van der Waals surface area contributed by atoms with Crippen molar-refractivity contribution in [2.45, 2.75) is 19.4 Å². The number of nitrogens with zero attached hydrogens (tertiary/aromatic N) is 3. The van der Waals surface area contributed by atoms with Crippen LogP contribution in [-0.2, 0) is 11.3 Å². The van der Waals surface area contributed by atoms with Gasteiger partial charge in [0.2, 0.25) is 5.91 Å². The first kappa shape index (κ1) is 23.8. The quantitative estimate of drug-likeness (QED) is 0.478. The van der Waals surface area contributed by atoms with Crippen molar-refractivity contribution in [3.63, 3.8) is 0 Å². The van der Waals surface area contributed by atoms with E-state index < -0.39 is 0 Å². The summed E-state index contributed by atoms with van der Waals surface area (Å²) in [6.45, 7) is 4.08. The number of carbonyl (C=O) groups is 1. The maximum Gasteiger partial charge on any atom is 0.223 e. The van der Waals surface area contributed by atoms with Crippen LogP contribution < -0.4 is 10.2 Å². The molecule has 1 saturated heterocycles. The molecular weight excluding hydrogens is 444 g/mol. The average molecular weight is 473 g/mol. The molecule has 1 aliphatic rings. The summed E-state index contributed by atoms with van der Waals surface area (Å²) in [5, 5.41) is 12.7. The van der Waals surface area contributed by atoms with E-state index >= 15 is 0 Å². The fourth-order valence-electron chi connectivity index (χ4n) is 4.35. The summed E-state index contributed by atoms with van der Waals surface area (Å²) >= 11 is 6.26. The van der Waals surface area contributed by atoms with Crippen LogP contribution in [0.5, 0.6) is 0 Å². The Morgan fingerprint density at radius 3 is 2.38 bits per heavy atom. The van der Waals surface area contributed by atoms with E-state index in [0.717, 1.165) is 61.0 Å². The number of piperidine rings is 1. The summed E-state index contributed by atoms with van der Waals surface area (Å²) in [7, 11) is 0. The number of anilines is 2. The van der Waals surface area contributed by atoms with Gasteiger partial charge in [-0.05, 0) is 74.0 Å². The molecule has 3 aromatic carbocycles. The number of amides is 1. The SMILES string of the molecule is N#Cc1ccc(CNC(=O)C2CCN(CCN(c3ccccc3)c3cccc(Cl)c3)CC2)cc1. The van der Waals surface area contributed by atoms with E-state index in [4.69, 9.17) is 16.9 Å². The molecule has 0 unspecified atom stereocenters. The summed E-state index contributed by atoms with van der Waals surface area (Å²) in [5.41, 5.74) is 3.85. The molecule has 0 aliphatic carbocycles. The zero-order chi connectivity index (χ0) is 23.8. The van der Waals surface area contributed by atoms with Gasteiger partial charge in [0.25, 0.3) is 0 Å². The molecule has 1 N–H and O–H groups in total. The third-order valence-corrected chi connectivity index (χ3v) is 6.57. The minimum atomic E-state index is 0.0489. The standard InChI is InChI=1S/C28H29ClN4O/c29-25-5-4-8-27(19-25)33(26-6-2-1-3-7-26)18-17-32-15-13-24(14-16-32)28(34)31-21-23-11-9-22(20-30)10-12-23/h1-12,19,24H,13-18,21H2,(H,31,34). The van der Waals surface area contributed by atoms with Crippen LogP contribution in [0.1, 0.15) is 24.0 Å². The highest BCUT2D eigenvalue weighted by Crippen LogP contribution is 2.27. The molecule has 0 spiro atoms. The fourth-order valence-corrected chi connectivity index (χ4v) is 4.53. The van der Waals surface area contributed by atoms with Crippen molar-refractivity contribution in [3.8, 4) is 6.07 Å². The van der Waals surface area contributed by atoms with Crippen LogP contribution in [0.4, 0.5) is 11.4 Å².